The van der Waals surface area contributed by atoms with Gasteiger partial charge in [-0.05, 0) is 6.42 Å². The maximum Gasteiger partial charge on any atom is 0.0367 e. The molecular weight excluding hydrogens is 184 g/mol. The Hall–Kier alpha value is -0.0431. The molecule has 0 radical (unpaired) electrons. The summed E-state index contributed by atoms with van der Waals surface area (Å²) in [4.78, 5) is 0. The van der Waals surface area contributed by atoms with Gasteiger partial charge >= 0.3 is 0 Å². The van der Waals surface area contributed by atoms with Crippen molar-refractivity contribution in [3.8, 4) is 0 Å². The van der Waals surface area contributed by atoms with Crippen LogP contribution in [0, 0.1) is 0 Å². The summed E-state index contributed by atoms with van der Waals surface area (Å²) in [5, 5.41) is 0. The van der Waals surface area contributed by atoms with Crippen LogP contribution in [0.5, 0.6) is 0 Å². The van der Waals surface area contributed by atoms with Crippen molar-refractivity contribution in [1.82, 2.24) is 0 Å². The van der Waals surface area contributed by atoms with Crippen LogP contribution >= 0.6 is 0 Å². The zero-order valence-electron chi connectivity index (χ0n) is 10.2. The Morgan fingerprint density at radius 1 is 0.929 bits per heavy atom. The Balaban J connectivity index is 3.54. The first-order valence-electron chi connectivity index (χ1n) is 6.46. The second-order valence-electron chi connectivity index (χ2n) is 4.37. The van der Waals surface area contributed by atoms with Gasteiger partial charge in [0.1, 0.15) is 0 Å². The molecule has 0 nitrogen and oxygen atoms in total. The lowest BCUT2D eigenvalue weighted by atomic mass is 10.3. The summed E-state index contributed by atoms with van der Waals surface area (Å²) >= 11 is 0. The number of rotatable bonds is 10. The third-order valence-electron chi connectivity index (χ3n) is 2.95. The zero-order valence-corrected chi connectivity index (χ0v) is 11.4. The van der Waals surface area contributed by atoms with Crippen molar-refractivity contribution in [2.75, 3.05) is 0 Å². The van der Waals surface area contributed by atoms with Gasteiger partial charge in [0.25, 0.3) is 0 Å². The molecule has 14 heavy (non-hydrogen) atoms. The Bertz CT molecular complexity index is 112. The molecule has 0 atom stereocenters. The van der Waals surface area contributed by atoms with Crippen molar-refractivity contribution in [3.05, 3.63) is 12.7 Å². The Morgan fingerprint density at radius 3 is 1.86 bits per heavy atom. The van der Waals surface area contributed by atoms with E-state index in [1.807, 2.05) is 0 Å². The predicted octanol–water partition coefficient (Wildman–Crippen LogP) is 4.78. The highest BCUT2D eigenvalue weighted by atomic mass is 28.3. The van der Waals surface area contributed by atoms with Gasteiger partial charge in [-0.25, -0.2) is 0 Å². The molecule has 0 rings (SSSR count). The van der Waals surface area contributed by atoms with Crippen LogP contribution in [0.3, 0.4) is 0 Å². The highest BCUT2D eigenvalue weighted by molar-refractivity contribution is 6.58. The van der Waals surface area contributed by atoms with Crippen LogP contribution in [0.4, 0.5) is 0 Å². The van der Waals surface area contributed by atoms with Gasteiger partial charge in [0.15, 0.2) is 0 Å². The van der Waals surface area contributed by atoms with Crippen molar-refractivity contribution in [2.24, 2.45) is 0 Å². The van der Waals surface area contributed by atoms with Gasteiger partial charge in [-0.3, -0.25) is 0 Å². The molecule has 0 unspecified atom stereocenters. The Labute approximate surface area is 92.4 Å². The van der Waals surface area contributed by atoms with Crippen molar-refractivity contribution >= 4 is 8.80 Å². The standard InChI is InChI=1S/C13H28Si/c1-4-7-10-13-14(11-8-5-2)12-9-6-3/h4,14H,1,5-13H2,2-3H3. The van der Waals surface area contributed by atoms with E-state index >= 15 is 0 Å². The summed E-state index contributed by atoms with van der Waals surface area (Å²) in [7, 11) is -0.348. The van der Waals surface area contributed by atoms with Crippen molar-refractivity contribution in [3.63, 3.8) is 0 Å². The lowest BCUT2D eigenvalue weighted by molar-refractivity contribution is 0.823. The topological polar surface area (TPSA) is 0 Å². The number of allylic oxidation sites excluding steroid dienone is 1. The van der Waals surface area contributed by atoms with Gasteiger partial charge in [-0.15, -0.1) is 6.58 Å². The molecule has 84 valence electrons. The van der Waals surface area contributed by atoms with Gasteiger partial charge in [-0.1, -0.05) is 70.2 Å². The molecule has 0 fully saturated rings. The van der Waals surface area contributed by atoms with E-state index in [9.17, 15) is 0 Å². The van der Waals surface area contributed by atoms with Crippen molar-refractivity contribution in [2.45, 2.75) is 70.5 Å². The third-order valence-corrected chi connectivity index (χ3v) is 6.63. The zero-order chi connectivity index (χ0) is 10.6. The summed E-state index contributed by atoms with van der Waals surface area (Å²) in [5.74, 6) is 0. The molecule has 0 aromatic rings. The van der Waals surface area contributed by atoms with E-state index in [1.165, 1.54) is 38.5 Å². The van der Waals surface area contributed by atoms with Gasteiger partial charge in [0, 0.05) is 8.80 Å². The molecule has 0 aliphatic rings. The van der Waals surface area contributed by atoms with E-state index in [0.29, 0.717) is 0 Å². The molecule has 0 aliphatic carbocycles. The second-order valence-corrected chi connectivity index (χ2v) is 7.83. The van der Waals surface area contributed by atoms with Crippen LogP contribution in [0.2, 0.25) is 18.1 Å². The van der Waals surface area contributed by atoms with Gasteiger partial charge in [0.2, 0.25) is 0 Å². The minimum Gasteiger partial charge on any atom is -0.103 e. The first-order chi connectivity index (χ1) is 6.85. The van der Waals surface area contributed by atoms with E-state index in [0.717, 1.165) is 0 Å². The predicted molar refractivity (Wildman–Crippen MR) is 70.8 cm³/mol. The molecule has 0 aromatic carbocycles. The second kappa shape index (κ2) is 11.0. The molecule has 0 aromatic heterocycles. The normalized spacial score (nSPS) is 10.8. The van der Waals surface area contributed by atoms with Gasteiger partial charge in [0.05, 0.1) is 0 Å². The Morgan fingerprint density at radius 2 is 1.43 bits per heavy atom. The average molecular weight is 212 g/mol. The fourth-order valence-corrected chi connectivity index (χ4v) is 5.62. The van der Waals surface area contributed by atoms with Crippen LogP contribution in [-0.4, -0.2) is 8.80 Å². The minimum absolute atomic E-state index is 0.348. The Kier molecular flexibility index (Phi) is 11.0. The first-order valence-corrected chi connectivity index (χ1v) is 8.90. The first kappa shape index (κ1) is 14.0. The van der Waals surface area contributed by atoms with Crippen LogP contribution < -0.4 is 0 Å². The summed E-state index contributed by atoms with van der Waals surface area (Å²) in [6.45, 7) is 8.43. The van der Waals surface area contributed by atoms with Crippen LogP contribution in [0.25, 0.3) is 0 Å². The van der Waals surface area contributed by atoms with Gasteiger partial charge < -0.3 is 0 Å². The molecule has 0 N–H and O–H groups in total. The summed E-state index contributed by atoms with van der Waals surface area (Å²) < 4.78 is 0. The van der Waals surface area contributed by atoms with E-state index in [1.54, 1.807) is 18.1 Å². The molecular formula is C13H28Si. The van der Waals surface area contributed by atoms with E-state index < -0.39 is 0 Å². The number of unbranched alkanes of at least 4 members (excludes halogenated alkanes) is 3. The van der Waals surface area contributed by atoms with Crippen LogP contribution in [0.1, 0.15) is 52.4 Å². The van der Waals surface area contributed by atoms with E-state index in [-0.39, 0.29) is 8.80 Å². The van der Waals surface area contributed by atoms with E-state index in [2.05, 4.69) is 26.5 Å². The fraction of sp³-hybridized carbons (Fsp3) is 0.846. The molecule has 0 amide bonds. The summed E-state index contributed by atoms with van der Waals surface area (Å²) in [5.41, 5.74) is 0. The highest BCUT2D eigenvalue weighted by Gasteiger charge is 2.08. The monoisotopic (exact) mass is 212 g/mol. The molecule has 1 heteroatoms. The maximum absolute atomic E-state index is 3.80. The van der Waals surface area contributed by atoms with Crippen molar-refractivity contribution < 1.29 is 0 Å². The SMILES string of the molecule is C=CCCC[SiH](CCCC)CCCC. The van der Waals surface area contributed by atoms with Crippen molar-refractivity contribution in [1.29, 1.82) is 0 Å². The van der Waals surface area contributed by atoms with E-state index in [4.69, 9.17) is 0 Å². The highest BCUT2D eigenvalue weighted by Crippen LogP contribution is 2.16. The number of hydrogen-bond acceptors (Lipinski definition) is 0. The molecule has 0 saturated heterocycles. The fourth-order valence-electron chi connectivity index (χ4n) is 1.97. The van der Waals surface area contributed by atoms with Crippen LogP contribution in [0.15, 0.2) is 12.7 Å². The maximum atomic E-state index is 3.80. The number of hydrogen-bond donors (Lipinski definition) is 0. The summed E-state index contributed by atoms with van der Waals surface area (Å²) in [6, 6.07) is 4.74. The minimum atomic E-state index is -0.348. The molecule has 0 bridgehead atoms. The third kappa shape index (κ3) is 8.55. The largest absolute Gasteiger partial charge is 0.103 e. The molecule has 0 aliphatic heterocycles. The van der Waals surface area contributed by atoms with Crippen LogP contribution in [-0.2, 0) is 0 Å². The lowest BCUT2D eigenvalue weighted by Crippen LogP contribution is -2.11. The molecule has 0 spiro atoms. The molecule has 0 heterocycles. The average Bonchev–Trinajstić information content (AvgIpc) is 2.21. The summed E-state index contributed by atoms with van der Waals surface area (Å²) in [6.07, 6.45) is 10.5. The lowest BCUT2D eigenvalue weighted by Gasteiger charge is -2.13. The smallest absolute Gasteiger partial charge is 0.0367 e. The quantitative estimate of drug-likeness (QED) is 0.278. The van der Waals surface area contributed by atoms with Gasteiger partial charge in [-0.2, -0.15) is 0 Å². The molecule has 0 saturated carbocycles.